The highest BCUT2D eigenvalue weighted by Crippen LogP contribution is 2.22. The van der Waals surface area contributed by atoms with Gasteiger partial charge in [0.2, 0.25) is 0 Å². The van der Waals surface area contributed by atoms with Crippen molar-refractivity contribution in [3.05, 3.63) is 35.4 Å². The largest absolute Gasteiger partial charge is 0.316 e. The highest BCUT2D eigenvalue weighted by Gasteiger charge is 2.15. The van der Waals surface area contributed by atoms with E-state index in [1.165, 1.54) is 43.4 Å². The lowest BCUT2D eigenvalue weighted by molar-refractivity contribution is 0.759. The average Bonchev–Trinajstić information content (AvgIpc) is 2.80. The van der Waals surface area contributed by atoms with Gasteiger partial charge in [-0.25, -0.2) is 0 Å². The molecule has 2 rings (SSSR count). The van der Waals surface area contributed by atoms with Crippen LogP contribution in [0, 0.1) is 0 Å². The Morgan fingerprint density at radius 2 is 2.07 bits per heavy atom. The lowest BCUT2D eigenvalue weighted by Crippen LogP contribution is -2.07. The summed E-state index contributed by atoms with van der Waals surface area (Å²) in [4.78, 5) is 0. The van der Waals surface area contributed by atoms with Gasteiger partial charge in [-0.15, -0.1) is 0 Å². The first-order valence-electron chi connectivity index (χ1n) is 6.19. The molecule has 1 aromatic carbocycles. The molecule has 0 amide bonds. The van der Waals surface area contributed by atoms with E-state index in [-0.39, 0.29) is 0 Å². The van der Waals surface area contributed by atoms with E-state index in [2.05, 4.69) is 36.5 Å². The smallest absolute Gasteiger partial charge is 0.00206 e. The predicted molar refractivity (Wildman–Crippen MR) is 65.3 cm³/mol. The molecule has 1 nitrogen and oxygen atoms in total. The summed E-state index contributed by atoms with van der Waals surface area (Å²) in [7, 11) is 0. The molecule has 1 aliphatic heterocycles. The van der Waals surface area contributed by atoms with Crippen molar-refractivity contribution in [2.24, 2.45) is 0 Å². The van der Waals surface area contributed by atoms with Crippen LogP contribution in [0.4, 0.5) is 0 Å². The summed E-state index contributed by atoms with van der Waals surface area (Å²) < 4.78 is 0. The van der Waals surface area contributed by atoms with Gasteiger partial charge in [-0.05, 0) is 42.9 Å². The summed E-state index contributed by atoms with van der Waals surface area (Å²) >= 11 is 0. The minimum atomic E-state index is 0.755. The molecule has 0 saturated carbocycles. The Bertz CT molecular complexity index is 283. The molecule has 1 saturated heterocycles. The first kappa shape index (κ1) is 10.7. The third-order valence-electron chi connectivity index (χ3n) is 3.33. The molecule has 1 fully saturated rings. The van der Waals surface area contributed by atoms with Crippen molar-refractivity contribution >= 4 is 0 Å². The minimum Gasteiger partial charge on any atom is -0.316 e. The van der Waals surface area contributed by atoms with Crippen molar-refractivity contribution < 1.29 is 0 Å². The number of nitrogens with one attached hydrogen (secondary N) is 1. The quantitative estimate of drug-likeness (QED) is 0.793. The fourth-order valence-electron chi connectivity index (χ4n) is 2.28. The number of rotatable bonds is 4. The van der Waals surface area contributed by atoms with Crippen LogP contribution in [0.5, 0.6) is 0 Å². The summed E-state index contributed by atoms with van der Waals surface area (Å²) in [5, 5.41) is 3.42. The van der Waals surface area contributed by atoms with E-state index >= 15 is 0 Å². The molecule has 1 atom stereocenters. The van der Waals surface area contributed by atoms with Crippen LogP contribution in [0.1, 0.15) is 43.2 Å². The van der Waals surface area contributed by atoms with Gasteiger partial charge in [0.05, 0.1) is 0 Å². The van der Waals surface area contributed by atoms with E-state index in [9.17, 15) is 0 Å². The Hall–Kier alpha value is -0.820. The summed E-state index contributed by atoms with van der Waals surface area (Å²) in [5.41, 5.74) is 3.01. The van der Waals surface area contributed by atoms with Crippen molar-refractivity contribution in [1.29, 1.82) is 0 Å². The molecule has 15 heavy (non-hydrogen) atoms. The number of aryl methyl sites for hydroxylation is 1. The predicted octanol–water partition coefficient (Wildman–Crippen LogP) is 3.11. The van der Waals surface area contributed by atoms with Crippen LogP contribution in [-0.2, 0) is 6.42 Å². The average molecular weight is 203 g/mol. The number of hydrogen-bond donors (Lipinski definition) is 1. The molecule has 0 bridgehead atoms. The van der Waals surface area contributed by atoms with E-state index in [1.54, 1.807) is 0 Å². The van der Waals surface area contributed by atoms with E-state index < -0.39 is 0 Å². The van der Waals surface area contributed by atoms with Crippen LogP contribution in [0.2, 0.25) is 0 Å². The van der Waals surface area contributed by atoms with Crippen molar-refractivity contribution in [2.45, 2.75) is 38.5 Å². The Kier molecular flexibility index (Phi) is 3.79. The number of benzene rings is 1. The lowest BCUT2D eigenvalue weighted by atomic mass is 9.96. The summed E-state index contributed by atoms with van der Waals surface area (Å²) in [6, 6.07) is 9.26. The molecule has 1 heterocycles. The van der Waals surface area contributed by atoms with Gasteiger partial charge in [0.1, 0.15) is 0 Å². The SMILES string of the molecule is CCCCc1ccc(C2CCNC2)cc1. The maximum absolute atomic E-state index is 3.42. The first-order valence-corrected chi connectivity index (χ1v) is 6.19. The van der Waals surface area contributed by atoms with Crippen LogP contribution in [0.25, 0.3) is 0 Å². The zero-order chi connectivity index (χ0) is 10.5. The van der Waals surface area contributed by atoms with E-state index in [4.69, 9.17) is 0 Å². The molecule has 0 aliphatic carbocycles. The second-order valence-electron chi connectivity index (χ2n) is 4.53. The third kappa shape index (κ3) is 2.82. The maximum Gasteiger partial charge on any atom is 0.00206 e. The van der Waals surface area contributed by atoms with Gasteiger partial charge in [-0.3, -0.25) is 0 Å². The molecule has 82 valence electrons. The molecule has 1 aliphatic rings. The standard InChI is InChI=1S/C14H21N/c1-2-3-4-12-5-7-13(8-6-12)14-9-10-15-11-14/h5-8,14-15H,2-4,9-11H2,1H3. The van der Waals surface area contributed by atoms with E-state index in [0.29, 0.717) is 0 Å². The van der Waals surface area contributed by atoms with Crippen LogP contribution in [0.3, 0.4) is 0 Å². The van der Waals surface area contributed by atoms with Crippen LogP contribution in [0.15, 0.2) is 24.3 Å². The van der Waals surface area contributed by atoms with Crippen LogP contribution >= 0.6 is 0 Å². The van der Waals surface area contributed by atoms with Crippen LogP contribution < -0.4 is 5.32 Å². The zero-order valence-electron chi connectivity index (χ0n) is 9.63. The molecule has 1 aromatic rings. The second-order valence-corrected chi connectivity index (χ2v) is 4.53. The van der Waals surface area contributed by atoms with Gasteiger partial charge >= 0.3 is 0 Å². The topological polar surface area (TPSA) is 12.0 Å². The van der Waals surface area contributed by atoms with E-state index in [1.807, 2.05) is 0 Å². The van der Waals surface area contributed by atoms with Crippen LogP contribution in [-0.4, -0.2) is 13.1 Å². The van der Waals surface area contributed by atoms with Gasteiger partial charge in [0.25, 0.3) is 0 Å². The van der Waals surface area contributed by atoms with Gasteiger partial charge < -0.3 is 5.32 Å². The molecule has 0 spiro atoms. The van der Waals surface area contributed by atoms with Gasteiger partial charge in [-0.1, -0.05) is 37.6 Å². The number of unbranched alkanes of at least 4 members (excludes halogenated alkanes) is 1. The third-order valence-corrected chi connectivity index (χ3v) is 3.33. The molecule has 1 heteroatoms. The van der Waals surface area contributed by atoms with Gasteiger partial charge in [0, 0.05) is 6.54 Å². The Labute approximate surface area is 92.9 Å². The van der Waals surface area contributed by atoms with Crippen molar-refractivity contribution in [3.8, 4) is 0 Å². The van der Waals surface area contributed by atoms with Crippen molar-refractivity contribution in [2.75, 3.05) is 13.1 Å². The minimum absolute atomic E-state index is 0.755. The Morgan fingerprint density at radius 3 is 2.67 bits per heavy atom. The van der Waals surface area contributed by atoms with Crippen molar-refractivity contribution in [3.63, 3.8) is 0 Å². The molecular formula is C14H21N. The van der Waals surface area contributed by atoms with E-state index in [0.717, 1.165) is 12.5 Å². The highest BCUT2D eigenvalue weighted by molar-refractivity contribution is 5.26. The summed E-state index contributed by atoms with van der Waals surface area (Å²) in [6.45, 7) is 4.59. The molecule has 1 unspecified atom stereocenters. The normalized spacial score (nSPS) is 20.7. The first-order chi connectivity index (χ1) is 7.40. The molecular weight excluding hydrogens is 182 g/mol. The molecule has 0 radical (unpaired) electrons. The monoisotopic (exact) mass is 203 g/mol. The number of hydrogen-bond acceptors (Lipinski definition) is 1. The Morgan fingerprint density at radius 1 is 1.27 bits per heavy atom. The maximum atomic E-state index is 3.42. The fourth-order valence-corrected chi connectivity index (χ4v) is 2.28. The second kappa shape index (κ2) is 5.32. The van der Waals surface area contributed by atoms with Gasteiger partial charge in [0.15, 0.2) is 0 Å². The Balaban J connectivity index is 1.96. The fraction of sp³-hybridized carbons (Fsp3) is 0.571. The lowest BCUT2D eigenvalue weighted by Gasteiger charge is -2.09. The zero-order valence-corrected chi connectivity index (χ0v) is 9.63. The molecule has 0 aromatic heterocycles. The highest BCUT2D eigenvalue weighted by atomic mass is 14.9. The molecule has 1 N–H and O–H groups in total. The van der Waals surface area contributed by atoms with Gasteiger partial charge in [-0.2, -0.15) is 0 Å². The van der Waals surface area contributed by atoms with Crippen molar-refractivity contribution in [1.82, 2.24) is 5.32 Å². The summed E-state index contributed by atoms with van der Waals surface area (Å²) in [5.74, 6) is 0.755. The summed E-state index contributed by atoms with van der Waals surface area (Å²) in [6.07, 6.45) is 5.13.